The van der Waals surface area contributed by atoms with Gasteiger partial charge in [0.2, 0.25) is 0 Å². The van der Waals surface area contributed by atoms with Gasteiger partial charge in [-0.3, -0.25) is 0 Å². The van der Waals surface area contributed by atoms with Gasteiger partial charge in [0.1, 0.15) is 11.8 Å². The van der Waals surface area contributed by atoms with E-state index in [-0.39, 0.29) is 0 Å². The molecule has 0 spiro atoms. The Morgan fingerprint density at radius 2 is 2.35 bits per heavy atom. The fourth-order valence-corrected chi connectivity index (χ4v) is 2.72. The summed E-state index contributed by atoms with van der Waals surface area (Å²) in [6.45, 7) is 3.22. The second-order valence-corrected chi connectivity index (χ2v) is 5.31. The Morgan fingerprint density at radius 1 is 1.53 bits per heavy atom. The maximum Gasteiger partial charge on any atom is 0.120 e. The summed E-state index contributed by atoms with van der Waals surface area (Å²) in [4.78, 5) is 0. The number of hydrogen-bond acceptors (Lipinski definition) is 2. The Morgan fingerprint density at radius 3 is 3.00 bits per heavy atom. The van der Waals surface area contributed by atoms with E-state index in [0.29, 0.717) is 6.04 Å². The molecule has 0 aliphatic heterocycles. The van der Waals surface area contributed by atoms with Crippen molar-refractivity contribution in [3.8, 4) is 6.07 Å². The molecule has 1 aliphatic rings. The number of nitrogens with zero attached hydrogens (tertiary/aromatic N) is 2. The normalized spacial score (nSPS) is 24.5. The van der Waals surface area contributed by atoms with Crippen LogP contribution in [0.5, 0.6) is 0 Å². The van der Waals surface area contributed by atoms with E-state index in [2.05, 4.69) is 18.3 Å². The van der Waals surface area contributed by atoms with Crippen LogP contribution in [0.4, 0.5) is 0 Å². The van der Waals surface area contributed by atoms with Crippen LogP contribution in [0.25, 0.3) is 0 Å². The highest BCUT2D eigenvalue weighted by Crippen LogP contribution is 2.23. The van der Waals surface area contributed by atoms with Crippen LogP contribution in [0.1, 0.15) is 43.9 Å². The summed E-state index contributed by atoms with van der Waals surface area (Å²) in [5.74, 6) is 0.853. The first kappa shape index (κ1) is 12.2. The lowest BCUT2D eigenvalue weighted by molar-refractivity contribution is 0.300. The zero-order chi connectivity index (χ0) is 12.3. The topological polar surface area (TPSA) is 40.8 Å². The molecule has 0 aromatic carbocycles. The standard InChI is InChI=1S/C14H21N3/c1-11-4-3-5-13(6-11)16-9-12-7-14(8-15)17(2)10-12/h7,10-11,13,16H,3-6,9H2,1-2H3. The fourth-order valence-electron chi connectivity index (χ4n) is 2.72. The van der Waals surface area contributed by atoms with E-state index in [1.807, 2.05) is 23.9 Å². The van der Waals surface area contributed by atoms with Crippen molar-refractivity contribution >= 4 is 0 Å². The van der Waals surface area contributed by atoms with Crippen molar-refractivity contribution in [2.24, 2.45) is 13.0 Å². The van der Waals surface area contributed by atoms with Gasteiger partial charge in [0.15, 0.2) is 0 Å². The van der Waals surface area contributed by atoms with Gasteiger partial charge in [0, 0.05) is 25.8 Å². The van der Waals surface area contributed by atoms with Crippen molar-refractivity contribution in [3.05, 3.63) is 23.5 Å². The minimum absolute atomic E-state index is 0.657. The molecule has 1 saturated carbocycles. The summed E-state index contributed by atoms with van der Waals surface area (Å²) in [6.07, 6.45) is 7.34. The van der Waals surface area contributed by atoms with Crippen LogP contribution < -0.4 is 5.32 Å². The van der Waals surface area contributed by atoms with Gasteiger partial charge >= 0.3 is 0 Å². The largest absolute Gasteiger partial charge is 0.342 e. The molecular formula is C14H21N3. The number of aryl methyl sites for hydroxylation is 1. The monoisotopic (exact) mass is 231 g/mol. The van der Waals surface area contributed by atoms with Gasteiger partial charge in [0.05, 0.1) is 0 Å². The Balaban J connectivity index is 1.87. The van der Waals surface area contributed by atoms with Crippen LogP contribution in [0, 0.1) is 17.2 Å². The van der Waals surface area contributed by atoms with Gasteiger partial charge in [-0.2, -0.15) is 5.26 Å². The molecule has 0 amide bonds. The molecule has 2 rings (SSSR count). The maximum absolute atomic E-state index is 8.89. The highest BCUT2D eigenvalue weighted by molar-refractivity contribution is 5.28. The molecule has 1 aromatic heterocycles. The number of aromatic nitrogens is 1. The smallest absolute Gasteiger partial charge is 0.120 e. The number of hydrogen-bond donors (Lipinski definition) is 1. The summed E-state index contributed by atoms with van der Waals surface area (Å²) in [7, 11) is 1.92. The first-order valence-corrected chi connectivity index (χ1v) is 6.47. The van der Waals surface area contributed by atoms with Crippen molar-refractivity contribution < 1.29 is 0 Å². The fraction of sp³-hybridized carbons (Fsp3) is 0.643. The minimum atomic E-state index is 0.657. The van der Waals surface area contributed by atoms with Gasteiger partial charge in [-0.15, -0.1) is 0 Å². The first-order chi connectivity index (χ1) is 8.19. The third kappa shape index (κ3) is 3.10. The lowest BCUT2D eigenvalue weighted by Gasteiger charge is -2.27. The predicted molar refractivity (Wildman–Crippen MR) is 68.4 cm³/mol. The van der Waals surface area contributed by atoms with Crippen LogP contribution in [-0.2, 0) is 13.6 Å². The summed E-state index contributed by atoms with van der Waals surface area (Å²) in [5, 5.41) is 12.5. The van der Waals surface area contributed by atoms with E-state index in [4.69, 9.17) is 5.26 Å². The van der Waals surface area contributed by atoms with Crippen molar-refractivity contribution in [1.82, 2.24) is 9.88 Å². The summed E-state index contributed by atoms with van der Waals surface area (Å²) in [6, 6.07) is 4.82. The molecule has 0 saturated heterocycles. The molecule has 0 bridgehead atoms. The quantitative estimate of drug-likeness (QED) is 0.868. The number of rotatable bonds is 3. The first-order valence-electron chi connectivity index (χ1n) is 6.47. The molecule has 1 aliphatic carbocycles. The Kier molecular flexibility index (Phi) is 3.86. The predicted octanol–water partition coefficient (Wildman–Crippen LogP) is 2.57. The average molecular weight is 231 g/mol. The summed E-state index contributed by atoms with van der Waals surface area (Å²) >= 11 is 0. The van der Waals surface area contributed by atoms with Crippen molar-refractivity contribution in [3.63, 3.8) is 0 Å². The zero-order valence-corrected chi connectivity index (χ0v) is 10.7. The second-order valence-electron chi connectivity index (χ2n) is 5.31. The molecular weight excluding hydrogens is 210 g/mol. The van der Waals surface area contributed by atoms with Gasteiger partial charge in [-0.25, -0.2) is 0 Å². The van der Waals surface area contributed by atoms with Crippen LogP contribution in [0.15, 0.2) is 12.3 Å². The number of nitriles is 1. The molecule has 92 valence electrons. The molecule has 3 heteroatoms. The Hall–Kier alpha value is -1.27. The SMILES string of the molecule is CC1CCCC(NCc2cc(C#N)n(C)c2)C1. The van der Waals surface area contributed by atoms with E-state index in [0.717, 1.165) is 18.2 Å². The zero-order valence-electron chi connectivity index (χ0n) is 10.7. The molecule has 1 aromatic rings. The minimum Gasteiger partial charge on any atom is -0.342 e. The lowest BCUT2D eigenvalue weighted by atomic mass is 9.87. The number of nitrogens with one attached hydrogen (secondary N) is 1. The van der Waals surface area contributed by atoms with E-state index >= 15 is 0 Å². The second kappa shape index (κ2) is 5.37. The van der Waals surface area contributed by atoms with E-state index in [1.165, 1.54) is 31.2 Å². The maximum atomic E-state index is 8.89. The van der Waals surface area contributed by atoms with Crippen LogP contribution >= 0.6 is 0 Å². The highest BCUT2D eigenvalue weighted by atomic mass is 15.0. The molecule has 2 atom stereocenters. The molecule has 1 fully saturated rings. The molecule has 3 nitrogen and oxygen atoms in total. The van der Waals surface area contributed by atoms with E-state index < -0.39 is 0 Å². The highest BCUT2D eigenvalue weighted by Gasteiger charge is 2.18. The molecule has 1 heterocycles. The van der Waals surface area contributed by atoms with E-state index in [9.17, 15) is 0 Å². The van der Waals surface area contributed by atoms with E-state index in [1.54, 1.807) is 0 Å². The van der Waals surface area contributed by atoms with Gasteiger partial charge in [-0.1, -0.05) is 19.8 Å². The molecule has 2 unspecified atom stereocenters. The summed E-state index contributed by atoms with van der Waals surface area (Å²) < 4.78 is 1.89. The molecule has 17 heavy (non-hydrogen) atoms. The van der Waals surface area contributed by atoms with Crippen LogP contribution in [0.2, 0.25) is 0 Å². The van der Waals surface area contributed by atoms with Crippen molar-refractivity contribution in [2.75, 3.05) is 0 Å². The van der Waals surface area contributed by atoms with Crippen molar-refractivity contribution in [1.29, 1.82) is 5.26 Å². The van der Waals surface area contributed by atoms with Gasteiger partial charge < -0.3 is 9.88 Å². The average Bonchev–Trinajstić information content (AvgIpc) is 2.67. The lowest BCUT2D eigenvalue weighted by Crippen LogP contribution is -2.32. The van der Waals surface area contributed by atoms with Gasteiger partial charge in [0.25, 0.3) is 0 Å². The molecule has 0 radical (unpaired) electrons. The summed E-state index contributed by atoms with van der Waals surface area (Å²) in [5.41, 5.74) is 1.95. The van der Waals surface area contributed by atoms with Crippen LogP contribution in [-0.4, -0.2) is 10.6 Å². The third-order valence-corrected chi connectivity index (χ3v) is 3.71. The van der Waals surface area contributed by atoms with Crippen LogP contribution in [0.3, 0.4) is 0 Å². The molecule has 1 N–H and O–H groups in total. The Labute approximate surface area is 103 Å². The van der Waals surface area contributed by atoms with Gasteiger partial charge in [-0.05, 0) is 30.4 Å². The van der Waals surface area contributed by atoms with Crippen molar-refractivity contribution in [2.45, 2.75) is 45.2 Å². The Bertz CT molecular complexity index is 414. The third-order valence-electron chi connectivity index (χ3n) is 3.71.